The quantitative estimate of drug-likeness (QED) is 0.236. The van der Waals surface area contributed by atoms with Crippen LogP contribution in [0.5, 0.6) is 0 Å². The molecule has 4 rings (SSSR count). The standard InChI is InChI=1S/C22H26N4O5.2C2HF3O2/c27-21(18-4-2-8-23-12-18)24-13-20-6-7-22(31-20)15-25(9-10-30-16-22)14-17-3-1-5-19(11-17)26(28)29;2*3-2(4,5)1(6)7/h1-5,8,11-12,20H,6-7,9-10,13-16H2,(H,24,27);2*(H,6,7)/t20-,22-;;/m1../s1. The zero-order valence-electron chi connectivity index (χ0n) is 23.2. The van der Waals surface area contributed by atoms with Crippen LogP contribution in [0.2, 0.25) is 0 Å². The Morgan fingerprint density at radius 2 is 1.73 bits per heavy atom. The Hall–Kier alpha value is -4.36. The zero-order chi connectivity index (χ0) is 33.8. The molecular weight excluding hydrogens is 626 g/mol. The molecule has 2 aliphatic rings. The van der Waals surface area contributed by atoms with Gasteiger partial charge in [0.1, 0.15) is 5.60 Å². The van der Waals surface area contributed by atoms with Crippen LogP contribution in [0.25, 0.3) is 0 Å². The summed E-state index contributed by atoms with van der Waals surface area (Å²) in [5, 5.41) is 28.2. The molecule has 0 bridgehead atoms. The van der Waals surface area contributed by atoms with Crippen LogP contribution in [0.3, 0.4) is 0 Å². The van der Waals surface area contributed by atoms with Gasteiger partial charge in [0.25, 0.3) is 11.6 Å². The third-order valence-electron chi connectivity index (χ3n) is 6.19. The number of nitro groups is 1. The molecule has 1 aromatic heterocycles. The van der Waals surface area contributed by atoms with Gasteiger partial charge in [0, 0.05) is 50.7 Å². The number of non-ortho nitro benzene ring substituents is 1. The summed E-state index contributed by atoms with van der Waals surface area (Å²) in [4.78, 5) is 46.9. The van der Waals surface area contributed by atoms with Crippen molar-refractivity contribution in [3.63, 3.8) is 0 Å². The number of nitrogens with zero attached hydrogens (tertiary/aromatic N) is 3. The lowest BCUT2D eigenvalue weighted by molar-refractivity contribution is -0.384. The van der Waals surface area contributed by atoms with Crippen LogP contribution in [0.4, 0.5) is 32.0 Å². The van der Waals surface area contributed by atoms with Crippen LogP contribution >= 0.6 is 0 Å². The van der Waals surface area contributed by atoms with E-state index in [1.54, 1.807) is 30.5 Å². The van der Waals surface area contributed by atoms with E-state index in [1.807, 2.05) is 6.07 Å². The van der Waals surface area contributed by atoms with Gasteiger partial charge < -0.3 is 25.0 Å². The number of carboxylic acid groups (broad SMARTS) is 2. The van der Waals surface area contributed by atoms with Crippen molar-refractivity contribution in [2.24, 2.45) is 0 Å². The lowest BCUT2D eigenvalue weighted by Crippen LogP contribution is -2.45. The van der Waals surface area contributed by atoms with E-state index in [2.05, 4.69) is 15.2 Å². The summed E-state index contributed by atoms with van der Waals surface area (Å²) in [6, 6.07) is 10.2. The van der Waals surface area contributed by atoms with Crippen molar-refractivity contribution in [2.75, 3.05) is 32.8 Å². The summed E-state index contributed by atoms with van der Waals surface area (Å²) in [6.07, 6.45) is -5.40. The SMILES string of the molecule is O=C(NC[C@H]1CC[C@@]2(COCCN(Cc3cccc([N+](=O)[O-])c3)C2)O1)c1cccnc1.O=C(O)C(F)(F)F.O=C(O)C(F)(F)F. The van der Waals surface area contributed by atoms with Crippen molar-refractivity contribution >= 4 is 23.5 Å². The molecule has 0 saturated carbocycles. The smallest absolute Gasteiger partial charge is 0.475 e. The maximum Gasteiger partial charge on any atom is 0.490 e. The average Bonchev–Trinajstić information content (AvgIpc) is 3.25. The molecule has 0 aliphatic carbocycles. The van der Waals surface area contributed by atoms with E-state index in [4.69, 9.17) is 29.3 Å². The molecule has 0 unspecified atom stereocenters. The van der Waals surface area contributed by atoms with Gasteiger partial charge in [-0.2, -0.15) is 26.3 Å². The Balaban J connectivity index is 0.000000421. The van der Waals surface area contributed by atoms with Gasteiger partial charge in [-0.05, 0) is 30.5 Å². The van der Waals surface area contributed by atoms with Crippen LogP contribution < -0.4 is 5.32 Å². The number of carboxylic acids is 2. The predicted octanol–water partition coefficient (Wildman–Crippen LogP) is 3.44. The van der Waals surface area contributed by atoms with E-state index in [0.29, 0.717) is 38.4 Å². The predicted molar refractivity (Wildman–Crippen MR) is 140 cm³/mol. The summed E-state index contributed by atoms with van der Waals surface area (Å²) in [6.45, 7) is 3.53. The first-order valence-corrected chi connectivity index (χ1v) is 12.9. The van der Waals surface area contributed by atoms with Gasteiger partial charge in [0.05, 0.1) is 29.8 Å². The average molecular weight is 655 g/mol. The van der Waals surface area contributed by atoms with Gasteiger partial charge in [-0.1, -0.05) is 12.1 Å². The highest BCUT2D eigenvalue weighted by Gasteiger charge is 2.43. The molecule has 2 atom stereocenters. The molecule has 3 heterocycles. The number of alkyl halides is 6. The van der Waals surface area contributed by atoms with Crippen LogP contribution in [-0.4, -0.2) is 99.8 Å². The molecule has 2 fully saturated rings. The molecule has 2 aromatic rings. The summed E-state index contributed by atoms with van der Waals surface area (Å²) < 4.78 is 75.7. The first kappa shape index (κ1) is 36.8. The monoisotopic (exact) mass is 654 g/mol. The number of carbonyl (C=O) groups excluding carboxylic acids is 1. The number of rotatable bonds is 6. The highest BCUT2D eigenvalue weighted by Crippen LogP contribution is 2.33. The molecular formula is C26H28F6N4O9. The van der Waals surface area contributed by atoms with E-state index in [9.17, 15) is 41.3 Å². The largest absolute Gasteiger partial charge is 0.490 e. The van der Waals surface area contributed by atoms with E-state index in [0.717, 1.165) is 24.9 Å². The van der Waals surface area contributed by atoms with Crippen molar-refractivity contribution in [1.29, 1.82) is 0 Å². The lowest BCUT2D eigenvalue weighted by Gasteiger charge is -2.32. The molecule has 0 radical (unpaired) electrons. The van der Waals surface area contributed by atoms with Crippen LogP contribution in [0.15, 0.2) is 48.8 Å². The minimum Gasteiger partial charge on any atom is -0.475 e. The van der Waals surface area contributed by atoms with Crippen LogP contribution in [-0.2, 0) is 25.6 Å². The minimum absolute atomic E-state index is 0.0815. The number of hydrogen-bond acceptors (Lipinski definition) is 9. The number of amides is 1. The summed E-state index contributed by atoms with van der Waals surface area (Å²) in [5.41, 5.74) is 1.08. The Bertz CT molecular complexity index is 1290. The molecule has 1 aromatic carbocycles. The Kier molecular flexibility index (Phi) is 13.2. The minimum atomic E-state index is -5.08. The number of halogens is 6. The third kappa shape index (κ3) is 12.6. The van der Waals surface area contributed by atoms with Crippen molar-refractivity contribution in [2.45, 2.75) is 43.4 Å². The van der Waals surface area contributed by atoms with Gasteiger partial charge in [-0.3, -0.25) is 24.8 Å². The molecule has 45 heavy (non-hydrogen) atoms. The van der Waals surface area contributed by atoms with Crippen molar-refractivity contribution in [1.82, 2.24) is 15.2 Å². The molecule has 2 saturated heterocycles. The third-order valence-corrected chi connectivity index (χ3v) is 6.19. The maximum atomic E-state index is 12.3. The van der Waals surface area contributed by atoms with Crippen LogP contribution in [0, 0.1) is 10.1 Å². The first-order chi connectivity index (χ1) is 20.9. The first-order valence-electron chi connectivity index (χ1n) is 12.9. The van der Waals surface area contributed by atoms with Gasteiger partial charge in [0.2, 0.25) is 0 Å². The summed E-state index contributed by atoms with van der Waals surface area (Å²) in [7, 11) is 0. The maximum absolute atomic E-state index is 12.3. The highest BCUT2D eigenvalue weighted by molar-refractivity contribution is 5.93. The molecule has 19 heteroatoms. The molecule has 248 valence electrons. The zero-order valence-corrected chi connectivity index (χ0v) is 23.2. The van der Waals surface area contributed by atoms with E-state index in [1.165, 1.54) is 12.3 Å². The van der Waals surface area contributed by atoms with Gasteiger partial charge in [-0.25, -0.2) is 9.59 Å². The highest BCUT2D eigenvalue weighted by atomic mass is 19.4. The fourth-order valence-corrected chi connectivity index (χ4v) is 4.21. The number of hydrogen-bond donors (Lipinski definition) is 3. The number of nitro benzene ring substituents is 1. The Morgan fingerprint density at radius 1 is 1.09 bits per heavy atom. The number of pyridine rings is 1. The molecule has 13 nitrogen and oxygen atoms in total. The van der Waals surface area contributed by atoms with Crippen LogP contribution in [0.1, 0.15) is 28.8 Å². The number of aromatic nitrogens is 1. The fraction of sp³-hybridized carbons (Fsp3) is 0.462. The summed E-state index contributed by atoms with van der Waals surface area (Å²) >= 11 is 0. The second-order valence-electron chi connectivity index (χ2n) is 9.71. The lowest BCUT2D eigenvalue weighted by atomic mass is 9.99. The second kappa shape index (κ2) is 16.1. The number of nitrogens with one attached hydrogen (secondary N) is 1. The molecule has 1 amide bonds. The van der Waals surface area contributed by atoms with Gasteiger partial charge in [0.15, 0.2) is 0 Å². The normalized spacial score (nSPS) is 20.1. The Morgan fingerprint density at radius 3 is 2.29 bits per heavy atom. The number of carbonyl (C=O) groups is 3. The van der Waals surface area contributed by atoms with Gasteiger partial charge in [-0.15, -0.1) is 0 Å². The molecule has 2 aliphatic heterocycles. The van der Waals surface area contributed by atoms with Crippen molar-refractivity contribution < 1.29 is 65.3 Å². The number of aliphatic carboxylic acids is 2. The van der Waals surface area contributed by atoms with E-state index >= 15 is 0 Å². The van der Waals surface area contributed by atoms with Gasteiger partial charge >= 0.3 is 24.3 Å². The van der Waals surface area contributed by atoms with Crippen molar-refractivity contribution in [3.05, 3.63) is 70.0 Å². The number of benzene rings is 1. The summed E-state index contributed by atoms with van der Waals surface area (Å²) in [5.74, 6) is -5.68. The van der Waals surface area contributed by atoms with E-state index in [-0.39, 0.29) is 22.6 Å². The van der Waals surface area contributed by atoms with E-state index < -0.39 is 29.9 Å². The second-order valence-corrected chi connectivity index (χ2v) is 9.71. The Labute approximate surface area is 250 Å². The topological polar surface area (TPSA) is 181 Å². The molecule has 1 spiro atoms. The fourth-order valence-electron chi connectivity index (χ4n) is 4.21. The van der Waals surface area contributed by atoms with Crippen molar-refractivity contribution in [3.8, 4) is 0 Å². The number of ether oxygens (including phenoxy) is 2. The molecule has 3 N–H and O–H groups in total.